The normalized spacial score (nSPS) is 10.8. The second-order valence-electron chi connectivity index (χ2n) is 5.92. The number of phenolic OH excluding ortho intramolecular Hbond substituents is 1. The van der Waals surface area contributed by atoms with Gasteiger partial charge in [-0.1, -0.05) is 12.1 Å². The van der Waals surface area contributed by atoms with Gasteiger partial charge in [0.1, 0.15) is 4.83 Å². The zero-order valence-corrected chi connectivity index (χ0v) is 15.3. The monoisotopic (exact) mass is 362 g/mol. The van der Waals surface area contributed by atoms with E-state index in [0.717, 1.165) is 37.6 Å². The Balaban J connectivity index is 1.72. The van der Waals surface area contributed by atoms with E-state index >= 15 is 0 Å². The molecule has 4 aromatic rings. The molecule has 130 valence electrons. The number of methoxy groups -OCH3 is 1. The molecule has 0 aliphatic carbocycles. The fourth-order valence-electron chi connectivity index (χ4n) is 2.87. The first kappa shape index (κ1) is 16.4. The van der Waals surface area contributed by atoms with Crippen LogP contribution in [0.5, 0.6) is 11.5 Å². The van der Waals surface area contributed by atoms with Gasteiger partial charge in [-0.3, -0.25) is 0 Å². The van der Waals surface area contributed by atoms with Crippen LogP contribution in [0.3, 0.4) is 0 Å². The first-order valence-corrected chi connectivity index (χ1v) is 9.06. The SMILES string of the molecule is CNc1ccc(-c2ccc3cc(-c4ccc(OC)c(O)c4)sc3n2)cc1. The molecule has 0 aliphatic heterocycles. The van der Waals surface area contributed by atoms with Gasteiger partial charge in [0.05, 0.1) is 12.8 Å². The van der Waals surface area contributed by atoms with Crippen LogP contribution >= 0.6 is 11.3 Å². The summed E-state index contributed by atoms with van der Waals surface area (Å²) in [7, 11) is 3.45. The first-order valence-electron chi connectivity index (χ1n) is 8.24. The fourth-order valence-corrected chi connectivity index (χ4v) is 3.90. The zero-order chi connectivity index (χ0) is 18.1. The molecule has 26 heavy (non-hydrogen) atoms. The zero-order valence-electron chi connectivity index (χ0n) is 14.5. The average molecular weight is 362 g/mol. The maximum atomic E-state index is 10.0. The van der Waals surface area contributed by atoms with Crippen molar-refractivity contribution in [1.29, 1.82) is 0 Å². The maximum absolute atomic E-state index is 10.0. The van der Waals surface area contributed by atoms with Crippen LogP contribution in [0.4, 0.5) is 5.69 Å². The predicted molar refractivity (Wildman–Crippen MR) is 108 cm³/mol. The third-order valence-electron chi connectivity index (χ3n) is 4.32. The molecule has 0 aliphatic rings. The van der Waals surface area contributed by atoms with Gasteiger partial charge in [0.25, 0.3) is 0 Å². The minimum Gasteiger partial charge on any atom is -0.504 e. The van der Waals surface area contributed by atoms with Crippen molar-refractivity contribution in [2.24, 2.45) is 0 Å². The lowest BCUT2D eigenvalue weighted by molar-refractivity contribution is 0.373. The van der Waals surface area contributed by atoms with E-state index in [2.05, 4.69) is 29.6 Å². The molecular weight excluding hydrogens is 344 g/mol. The second-order valence-corrected chi connectivity index (χ2v) is 6.95. The van der Waals surface area contributed by atoms with Gasteiger partial charge in [-0.2, -0.15) is 0 Å². The van der Waals surface area contributed by atoms with E-state index in [9.17, 15) is 5.11 Å². The highest BCUT2D eigenvalue weighted by atomic mass is 32.1. The molecule has 0 spiro atoms. The van der Waals surface area contributed by atoms with Crippen molar-refractivity contribution in [3.05, 3.63) is 60.7 Å². The van der Waals surface area contributed by atoms with Gasteiger partial charge in [-0.25, -0.2) is 4.98 Å². The van der Waals surface area contributed by atoms with Crippen molar-refractivity contribution >= 4 is 27.2 Å². The van der Waals surface area contributed by atoms with E-state index in [1.165, 1.54) is 0 Å². The predicted octanol–water partition coefficient (Wildman–Crippen LogP) is 5.39. The van der Waals surface area contributed by atoms with Crippen LogP contribution in [0.2, 0.25) is 0 Å². The number of ether oxygens (including phenoxy) is 1. The number of aromatic hydroxyl groups is 1. The largest absolute Gasteiger partial charge is 0.504 e. The molecule has 0 radical (unpaired) electrons. The minimum absolute atomic E-state index is 0.140. The third-order valence-corrected chi connectivity index (χ3v) is 5.41. The van der Waals surface area contributed by atoms with Gasteiger partial charge < -0.3 is 15.2 Å². The number of nitrogens with zero attached hydrogens (tertiary/aromatic N) is 1. The van der Waals surface area contributed by atoms with Crippen molar-refractivity contribution in [3.8, 4) is 33.2 Å². The highest BCUT2D eigenvalue weighted by Gasteiger charge is 2.10. The van der Waals surface area contributed by atoms with E-state index in [4.69, 9.17) is 9.72 Å². The molecule has 5 heteroatoms. The van der Waals surface area contributed by atoms with Gasteiger partial charge in [-0.05, 0) is 54.1 Å². The summed E-state index contributed by atoms with van der Waals surface area (Å²) in [6, 6.07) is 19.9. The van der Waals surface area contributed by atoms with Gasteiger partial charge in [0.15, 0.2) is 11.5 Å². The van der Waals surface area contributed by atoms with Crippen LogP contribution < -0.4 is 10.1 Å². The molecule has 0 amide bonds. The maximum Gasteiger partial charge on any atom is 0.160 e. The summed E-state index contributed by atoms with van der Waals surface area (Å²) in [5.41, 5.74) is 4.06. The Kier molecular flexibility index (Phi) is 4.22. The van der Waals surface area contributed by atoms with Gasteiger partial charge in [-0.15, -0.1) is 11.3 Å². The summed E-state index contributed by atoms with van der Waals surface area (Å²) >= 11 is 1.61. The number of anilines is 1. The number of thiophene rings is 1. The van der Waals surface area contributed by atoms with Crippen LogP contribution in [0.15, 0.2) is 60.7 Å². The molecular formula is C21H18N2O2S. The van der Waals surface area contributed by atoms with Crippen LogP contribution in [-0.2, 0) is 0 Å². The topological polar surface area (TPSA) is 54.4 Å². The van der Waals surface area contributed by atoms with E-state index < -0.39 is 0 Å². The Hall–Kier alpha value is -3.05. The molecule has 0 saturated carbocycles. The smallest absolute Gasteiger partial charge is 0.160 e. The summed E-state index contributed by atoms with van der Waals surface area (Å²) in [6.45, 7) is 0. The number of benzene rings is 2. The molecule has 4 rings (SSSR count). The van der Waals surface area contributed by atoms with Crippen molar-refractivity contribution in [1.82, 2.24) is 4.98 Å². The second kappa shape index (κ2) is 6.69. The Morgan fingerprint density at radius 3 is 2.42 bits per heavy atom. The Morgan fingerprint density at radius 1 is 0.962 bits per heavy atom. The number of phenols is 1. The summed E-state index contributed by atoms with van der Waals surface area (Å²) in [6.07, 6.45) is 0. The molecule has 0 fully saturated rings. The van der Waals surface area contributed by atoms with E-state index in [1.54, 1.807) is 30.6 Å². The van der Waals surface area contributed by atoms with Gasteiger partial charge in [0.2, 0.25) is 0 Å². The molecule has 2 heterocycles. The molecule has 2 N–H and O–H groups in total. The number of aromatic nitrogens is 1. The quantitative estimate of drug-likeness (QED) is 0.511. The van der Waals surface area contributed by atoms with Crippen LogP contribution in [-0.4, -0.2) is 24.2 Å². The average Bonchev–Trinajstić information content (AvgIpc) is 3.11. The number of hydrogen-bond donors (Lipinski definition) is 2. The van der Waals surface area contributed by atoms with Crippen molar-refractivity contribution in [2.75, 3.05) is 19.5 Å². The highest BCUT2D eigenvalue weighted by Crippen LogP contribution is 2.37. The highest BCUT2D eigenvalue weighted by molar-refractivity contribution is 7.21. The summed E-state index contributed by atoms with van der Waals surface area (Å²) in [5.74, 6) is 0.612. The standard InChI is InChI=1S/C21H18N2O2S/c1-22-16-7-3-13(4-8-16)17-9-5-15-12-20(26-21(15)23-17)14-6-10-19(25-2)18(24)11-14/h3-12,22,24H,1-2H3. The number of nitrogens with one attached hydrogen (secondary N) is 1. The van der Waals surface area contributed by atoms with Gasteiger partial charge >= 0.3 is 0 Å². The molecule has 0 unspecified atom stereocenters. The van der Waals surface area contributed by atoms with Crippen LogP contribution in [0, 0.1) is 0 Å². The molecule has 2 aromatic carbocycles. The van der Waals surface area contributed by atoms with Gasteiger partial charge in [0, 0.05) is 28.6 Å². The summed E-state index contributed by atoms with van der Waals surface area (Å²) in [5, 5.41) is 14.2. The molecule has 4 nitrogen and oxygen atoms in total. The third kappa shape index (κ3) is 2.97. The summed E-state index contributed by atoms with van der Waals surface area (Å²) < 4.78 is 5.11. The number of hydrogen-bond acceptors (Lipinski definition) is 5. The fraction of sp³-hybridized carbons (Fsp3) is 0.0952. The lowest BCUT2D eigenvalue weighted by Crippen LogP contribution is -1.87. The molecule has 0 atom stereocenters. The molecule has 2 aromatic heterocycles. The number of rotatable bonds is 4. The number of pyridine rings is 1. The van der Waals surface area contributed by atoms with E-state index in [0.29, 0.717) is 5.75 Å². The Bertz CT molecular complexity index is 1070. The minimum atomic E-state index is 0.140. The van der Waals surface area contributed by atoms with Crippen molar-refractivity contribution < 1.29 is 9.84 Å². The van der Waals surface area contributed by atoms with Crippen molar-refractivity contribution in [2.45, 2.75) is 0 Å². The van der Waals surface area contributed by atoms with Crippen molar-refractivity contribution in [3.63, 3.8) is 0 Å². The van der Waals surface area contributed by atoms with Crippen LogP contribution in [0.1, 0.15) is 0 Å². The molecule has 0 saturated heterocycles. The van der Waals surface area contributed by atoms with Crippen LogP contribution in [0.25, 0.3) is 31.9 Å². The Morgan fingerprint density at radius 2 is 1.73 bits per heavy atom. The lowest BCUT2D eigenvalue weighted by atomic mass is 10.1. The lowest BCUT2D eigenvalue weighted by Gasteiger charge is -2.04. The first-order chi connectivity index (χ1) is 12.7. The molecule has 0 bridgehead atoms. The van der Waals surface area contributed by atoms with E-state index in [1.807, 2.05) is 31.3 Å². The van der Waals surface area contributed by atoms with E-state index in [-0.39, 0.29) is 5.75 Å². The Labute approximate surface area is 155 Å². The summed E-state index contributed by atoms with van der Waals surface area (Å²) in [4.78, 5) is 6.85. The number of fused-ring (bicyclic) bond motifs is 1.